The van der Waals surface area contributed by atoms with Crippen molar-refractivity contribution in [2.75, 3.05) is 13.1 Å². The number of carboxylic acid groups (broad SMARTS) is 1. The molecule has 0 saturated carbocycles. The minimum Gasteiger partial charge on any atom is -0.479 e. The number of aliphatic carboxylic acids is 1. The molecule has 21 heavy (non-hydrogen) atoms. The van der Waals surface area contributed by atoms with Gasteiger partial charge in [0.2, 0.25) is 5.67 Å². The molecule has 110 valence electrons. The molecular formula is C14H11BrFNO4. The standard InChI is InChI=1S/C14H11BrFNO4/c15-9-1-2-10-8(5-9)6-11(21-10)12(18)17-4-3-14(16,7-17)13(19)20/h1-2,5-6H,3-4,7H2,(H,19,20). The predicted octanol–water partition coefficient (Wildman–Crippen LogP) is 2.83. The van der Waals surface area contributed by atoms with E-state index in [1.807, 2.05) is 0 Å². The van der Waals surface area contributed by atoms with Crippen LogP contribution in [0, 0.1) is 0 Å². The van der Waals surface area contributed by atoms with E-state index < -0.39 is 24.1 Å². The molecule has 0 aliphatic carbocycles. The zero-order valence-electron chi connectivity index (χ0n) is 10.8. The highest BCUT2D eigenvalue weighted by Gasteiger charge is 2.47. The van der Waals surface area contributed by atoms with Crippen LogP contribution >= 0.6 is 15.9 Å². The summed E-state index contributed by atoms with van der Waals surface area (Å²) in [4.78, 5) is 24.3. The monoisotopic (exact) mass is 355 g/mol. The lowest BCUT2D eigenvalue weighted by molar-refractivity contribution is -0.149. The van der Waals surface area contributed by atoms with Gasteiger partial charge in [-0.15, -0.1) is 0 Å². The van der Waals surface area contributed by atoms with Gasteiger partial charge < -0.3 is 14.4 Å². The Morgan fingerprint density at radius 2 is 2.14 bits per heavy atom. The van der Waals surface area contributed by atoms with Crippen molar-refractivity contribution in [2.24, 2.45) is 0 Å². The van der Waals surface area contributed by atoms with Crippen LogP contribution in [0.4, 0.5) is 4.39 Å². The summed E-state index contributed by atoms with van der Waals surface area (Å²) < 4.78 is 20.3. The van der Waals surface area contributed by atoms with Gasteiger partial charge in [-0.3, -0.25) is 4.79 Å². The first-order valence-electron chi connectivity index (χ1n) is 6.30. The summed E-state index contributed by atoms with van der Waals surface area (Å²) in [6.07, 6.45) is -0.208. The van der Waals surface area contributed by atoms with E-state index in [-0.39, 0.29) is 18.7 Å². The number of likely N-dealkylation sites (tertiary alicyclic amines) is 1. The van der Waals surface area contributed by atoms with Gasteiger partial charge in [-0.05, 0) is 24.3 Å². The third kappa shape index (κ3) is 2.42. The van der Waals surface area contributed by atoms with Crippen molar-refractivity contribution in [1.29, 1.82) is 0 Å². The Balaban J connectivity index is 1.86. The Bertz CT molecular complexity index is 744. The second-order valence-corrected chi connectivity index (χ2v) is 5.96. The number of carboxylic acids is 1. The van der Waals surface area contributed by atoms with E-state index in [0.717, 1.165) is 9.86 Å². The molecule has 2 aromatic rings. The van der Waals surface area contributed by atoms with E-state index in [4.69, 9.17) is 9.52 Å². The number of benzene rings is 1. The van der Waals surface area contributed by atoms with Crippen LogP contribution in [0.15, 0.2) is 33.2 Å². The molecule has 1 saturated heterocycles. The van der Waals surface area contributed by atoms with Crippen molar-refractivity contribution >= 4 is 38.8 Å². The van der Waals surface area contributed by atoms with Crippen molar-refractivity contribution in [1.82, 2.24) is 4.90 Å². The molecule has 1 aromatic carbocycles. The fourth-order valence-electron chi connectivity index (χ4n) is 2.40. The SMILES string of the molecule is O=C(c1cc2cc(Br)ccc2o1)N1CCC(F)(C(=O)O)C1. The van der Waals surface area contributed by atoms with Crippen LogP contribution in [-0.2, 0) is 4.79 Å². The Morgan fingerprint density at radius 3 is 2.81 bits per heavy atom. The zero-order chi connectivity index (χ0) is 15.2. The van der Waals surface area contributed by atoms with Crippen molar-refractivity contribution in [3.05, 3.63) is 34.5 Å². The van der Waals surface area contributed by atoms with Gasteiger partial charge in [0.05, 0.1) is 6.54 Å². The van der Waals surface area contributed by atoms with Crippen LogP contribution in [-0.4, -0.2) is 40.6 Å². The third-order valence-electron chi connectivity index (χ3n) is 3.58. The number of furan rings is 1. The number of carbonyl (C=O) groups excluding carboxylic acids is 1. The van der Waals surface area contributed by atoms with Crippen molar-refractivity contribution in [3.8, 4) is 0 Å². The fraction of sp³-hybridized carbons (Fsp3) is 0.286. The maximum absolute atomic E-state index is 14.0. The second kappa shape index (κ2) is 4.84. The molecule has 0 spiro atoms. The van der Waals surface area contributed by atoms with Gasteiger partial charge in [0.15, 0.2) is 5.76 Å². The van der Waals surface area contributed by atoms with Gasteiger partial charge in [0.25, 0.3) is 5.91 Å². The minimum absolute atomic E-state index is 0.0579. The smallest absolute Gasteiger partial charge is 0.343 e. The Kier molecular flexibility index (Phi) is 3.24. The third-order valence-corrected chi connectivity index (χ3v) is 4.07. The van der Waals surface area contributed by atoms with Crippen molar-refractivity contribution < 1.29 is 23.5 Å². The normalized spacial score (nSPS) is 21.9. The number of carbonyl (C=O) groups is 2. The molecule has 1 fully saturated rings. The van der Waals surface area contributed by atoms with Crippen molar-refractivity contribution in [3.63, 3.8) is 0 Å². The summed E-state index contributed by atoms with van der Waals surface area (Å²) in [6, 6.07) is 6.88. The highest BCUT2D eigenvalue weighted by atomic mass is 79.9. The summed E-state index contributed by atoms with van der Waals surface area (Å²) in [5.41, 5.74) is -1.82. The van der Waals surface area contributed by atoms with Gasteiger partial charge in [-0.2, -0.15) is 0 Å². The molecule has 7 heteroatoms. The Morgan fingerprint density at radius 1 is 1.38 bits per heavy atom. The van der Waals surface area contributed by atoms with Crippen molar-refractivity contribution in [2.45, 2.75) is 12.1 Å². The lowest BCUT2D eigenvalue weighted by Gasteiger charge is -2.16. The quantitative estimate of drug-likeness (QED) is 0.898. The van der Waals surface area contributed by atoms with Crippen LogP contribution in [0.2, 0.25) is 0 Å². The van der Waals surface area contributed by atoms with Gasteiger partial charge in [-0.25, -0.2) is 9.18 Å². The summed E-state index contributed by atoms with van der Waals surface area (Å²) in [5.74, 6) is -1.95. The maximum Gasteiger partial charge on any atom is 0.343 e. The van der Waals surface area contributed by atoms with Crippen LogP contribution in [0.25, 0.3) is 11.0 Å². The van der Waals surface area contributed by atoms with E-state index >= 15 is 0 Å². The summed E-state index contributed by atoms with van der Waals surface area (Å²) in [5, 5.41) is 9.59. The molecule has 1 amide bonds. The lowest BCUT2D eigenvalue weighted by Crippen LogP contribution is -2.38. The lowest BCUT2D eigenvalue weighted by atomic mass is 10.1. The van der Waals surface area contributed by atoms with Gasteiger partial charge in [0.1, 0.15) is 5.58 Å². The number of nitrogens with zero attached hydrogens (tertiary/aromatic N) is 1. The highest BCUT2D eigenvalue weighted by molar-refractivity contribution is 9.10. The molecule has 1 aliphatic rings. The highest BCUT2D eigenvalue weighted by Crippen LogP contribution is 2.29. The number of alkyl halides is 1. The van der Waals surface area contributed by atoms with Gasteiger partial charge in [-0.1, -0.05) is 15.9 Å². The molecule has 5 nitrogen and oxygen atoms in total. The van der Waals surface area contributed by atoms with Gasteiger partial charge in [0, 0.05) is 22.8 Å². The summed E-state index contributed by atoms with van der Waals surface area (Å²) in [6.45, 7) is -0.399. The van der Waals surface area contributed by atoms with E-state index in [0.29, 0.717) is 5.58 Å². The van der Waals surface area contributed by atoms with E-state index in [1.165, 1.54) is 4.90 Å². The summed E-state index contributed by atoms with van der Waals surface area (Å²) >= 11 is 3.32. The first-order chi connectivity index (χ1) is 9.89. The number of halogens is 2. The first kappa shape index (κ1) is 14.1. The largest absolute Gasteiger partial charge is 0.479 e. The van der Waals surface area contributed by atoms with Gasteiger partial charge >= 0.3 is 5.97 Å². The van der Waals surface area contributed by atoms with E-state index in [9.17, 15) is 14.0 Å². The van der Waals surface area contributed by atoms with E-state index in [2.05, 4.69) is 15.9 Å². The minimum atomic E-state index is -2.37. The second-order valence-electron chi connectivity index (χ2n) is 5.04. The number of hydrogen-bond acceptors (Lipinski definition) is 3. The summed E-state index contributed by atoms with van der Waals surface area (Å²) in [7, 11) is 0. The van der Waals surface area contributed by atoms with Crippen LogP contribution in [0.1, 0.15) is 17.0 Å². The Labute approximate surface area is 127 Å². The number of amides is 1. The number of rotatable bonds is 2. The molecule has 3 rings (SSSR count). The number of fused-ring (bicyclic) bond motifs is 1. The van der Waals surface area contributed by atoms with Crippen LogP contribution in [0.5, 0.6) is 0 Å². The fourth-order valence-corrected chi connectivity index (χ4v) is 2.77. The average molecular weight is 356 g/mol. The first-order valence-corrected chi connectivity index (χ1v) is 7.09. The Hall–Kier alpha value is -1.89. The molecule has 1 aliphatic heterocycles. The average Bonchev–Trinajstić information content (AvgIpc) is 3.02. The molecule has 1 aromatic heterocycles. The molecule has 0 bridgehead atoms. The molecule has 1 N–H and O–H groups in total. The molecule has 1 atom stereocenters. The molecule has 1 unspecified atom stereocenters. The van der Waals surface area contributed by atoms with E-state index in [1.54, 1.807) is 24.3 Å². The maximum atomic E-state index is 14.0. The topological polar surface area (TPSA) is 70.8 Å². The van der Waals surface area contributed by atoms with Crippen LogP contribution < -0.4 is 0 Å². The number of hydrogen-bond donors (Lipinski definition) is 1. The van der Waals surface area contributed by atoms with Crippen LogP contribution in [0.3, 0.4) is 0 Å². The predicted molar refractivity (Wildman–Crippen MR) is 75.9 cm³/mol. The zero-order valence-corrected chi connectivity index (χ0v) is 12.4. The molecule has 0 radical (unpaired) electrons. The molecule has 2 heterocycles. The molecular weight excluding hydrogens is 345 g/mol.